The number of hydrogen-bond donors (Lipinski definition) is 2. The number of nitrogens with two attached hydrogens (primary N) is 1. The average Bonchev–Trinajstić information content (AvgIpc) is 3.45. The van der Waals surface area contributed by atoms with Crippen LogP contribution in [0.3, 0.4) is 0 Å². The van der Waals surface area contributed by atoms with E-state index in [9.17, 15) is 40.3 Å². The van der Waals surface area contributed by atoms with Crippen LogP contribution in [-0.2, 0) is 19.8 Å². The van der Waals surface area contributed by atoms with E-state index >= 15 is 0 Å². The Labute approximate surface area is 212 Å². The third-order valence-electron chi connectivity index (χ3n) is 6.84. The second-order valence-corrected chi connectivity index (χ2v) is 10.0. The number of alkyl halides is 3. The summed E-state index contributed by atoms with van der Waals surface area (Å²) in [5.41, 5.74) is -5.94. The summed E-state index contributed by atoms with van der Waals surface area (Å²) in [7, 11) is 0. The maximum absolute atomic E-state index is 14.7. The number of nitrogens with one attached hydrogen (secondary N) is 1. The highest BCUT2D eigenvalue weighted by Crippen LogP contribution is 2.55. The molecule has 1 aliphatic rings. The highest BCUT2D eigenvalue weighted by Gasteiger charge is 2.57. The molecule has 1 fully saturated rings. The van der Waals surface area contributed by atoms with Crippen molar-refractivity contribution >= 4 is 24.1 Å². The zero-order valence-electron chi connectivity index (χ0n) is 20.0. The standard InChI is InChI=1S/C24H23F7N2O3S/c1-10(11-5-14(25)18(15(26)6-11)21(35)36-37-32)33-20(34)13-9-23(13,4)12-7-16(27)19(17(28)8-12)22(2,3)24(29,30)31/h5-8,10,13H,9,32H2,1-4H3,(H,33,34)/t10-,13-,23-/m1/s1. The van der Waals surface area contributed by atoms with Crippen LogP contribution in [-0.4, -0.2) is 18.1 Å². The maximum atomic E-state index is 14.7. The largest absolute Gasteiger partial charge is 0.398 e. The fourth-order valence-corrected chi connectivity index (χ4v) is 4.40. The third-order valence-corrected chi connectivity index (χ3v) is 7.09. The van der Waals surface area contributed by atoms with Crippen LogP contribution in [0.4, 0.5) is 30.7 Å². The van der Waals surface area contributed by atoms with Gasteiger partial charge in [-0.15, -0.1) is 0 Å². The molecular weight excluding hydrogens is 529 g/mol. The molecule has 3 rings (SSSR count). The van der Waals surface area contributed by atoms with Gasteiger partial charge in [0.1, 0.15) is 41.1 Å². The zero-order valence-corrected chi connectivity index (χ0v) is 20.8. The number of rotatable bonds is 7. The highest BCUT2D eigenvalue weighted by atomic mass is 32.2. The van der Waals surface area contributed by atoms with Crippen LogP contribution < -0.4 is 10.5 Å². The van der Waals surface area contributed by atoms with Crippen molar-refractivity contribution in [3.8, 4) is 0 Å². The summed E-state index contributed by atoms with van der Waals surface area (Å²) >= 11 is 0.117. The number of hydrogen-bond acceptors (Lipinski definition) is 5. The fraction of sp³-hybridized carbons (Fsp3) is 0.417. The molecule has 3 N–H and O–H groups in total. The topological polar surface area (TPSA) is 81.4 Å². The quantitative estimate of drug-likeness (QED) is 0.253. The van der Waals surface area contributed by atoms with Gasteiger partial charge in [0.15, 0.2) is 0 Å². The SMILES string of the molecule is C[C@@H](NC(=O)[C@H]1C[C@]1(C)c1cc(F)c(C(C)(C)C(F)(F)F)c(F)c1)c1cc(F)c(C(=O)OSN)c(F)c1. The van der Waals surface area contributed by atoms with E-state index in [-0.39, 0.29) is 29.8 Å². The molecular formula is C24H23F7N2O3S. The summed E-state index contributed by atoms with van der Waals surface area (Å²) in [5.74, 6) is -7.96. The second kappa shape index (κ2) is 9.82. The van der Waals surface area contributed by atoms with Crippen molar-refractivity contribution in [1.82, 2.24) is 5.32 Å². The van der Waals surface area contributed by atoms with E-state index in [1.807, 2.05) is 0 Å². The summed E-state index contributed by atoms with van der Waals surface area (Å²) in [6.07, 6.45) is -4.77. The normalized spacial score (nSPS) is 20.4. The number of benzene rings is 2. The monoisotopic (exact) mass is 552 g/mol. The lowest BCUT2D eigenvalue weighted by Crippen LogP contribution is -2.38. The van der Waals surface area contributed by atoms with Gasteiger partial charge in [0.25, 0.3) is 0 Å². The van der Waals surface area contributed by atoms with Gasteiger partial charge in [-0.05, 0) is 62.6 Å². The van der Waals surface area contributed by atoms with Crippen LogP contribution in [0.5, 0.6) is 0 Å². The van der Waals surface area contributed by atoms with Crippen LogP contribution in [0, 0.1) is 29.2 Å². The lowest BCUT2D eigenvalue weighted by Gasteiger charge is -2.29. The van der Waals surface area contributed by atoms with Gasteiger partial charge in [0, 0.05) is 16.9 Å². The minimum Gasteiger partial charge on any atom is -0.371 e. The Balaban J connectivity index is 1.79. The van der Waals surface area contributed by atoms with Crippen molar-refractivity contribution in [1.29, 1.82) is 0 Å². The molecule has 0 spiro atoms. The minimum atomic E-state index is -4.90. The van der Waals surface area contributed by atoms with Crippen LogP contribution in [0.25, 0.3) is 0 Å². The van der Waals surface area contributed by atoms with Crippen molar-refractivity contribution in [3.63, 3.8) is 0 Å². The minimum absolute atomic E-state index is 0.00903. The van der Waals surface area contributed by atoms with Gasteiger partial charge in [0.05, 0.1) is 11.5 Å². The highest BCUT2D eigenvalue weighted by molar-refractivity contribution is 7.92. The molecule has 1 aliphatic carbocycles. The molecule has 3 atom stereocenters. The number of carbonyl (C=O) groups excluding carboxylic acids is 2. The summed E-state index contributed by atoms with van der Waals surface area (Å²) in [5, 5.41) is 7.50. The molecule has 2 aromatic carbocycles. The lowest BCUT2D eigenvalue weighted by molar-refractivity contribution is -0.181. The lowest BCUT2D eigenvalue weighted by atomic mass is 9.81. The molecule has 37 heavy (non-hydrogen) atoms. The molecule has 0 radical (unpaired) electrons. The van der Waals surface area contributed by atoms with Crippen LogP contribution >= 0.6 is 12.2 Å². The number of carbonyl (C=O) groups is 2. The Morgan fingerprint density at radius 1 is 1.05 bits per heavy atom. The second-order valence-electron chi connectivity index (χ2n) is 9.67. The summed E-state index contributed by atoms with van der Waals surface area (Å²) in [4.78, 5) is 24.5. The van der Waals surface area contributed by atoms with E-state index in [4.69, 9.17) is 5.14 Å². The predicted octanol–water partition coefficient (Wildman–Crippen LogP) is 5.92. The van der Waals surface area contributed by atoms with Gasteiger partial charge in [-0.25, -0.2) is 27.5 Å². The van der Waals surface area contributed by atoms with E-state index < -0.39 is 75.2 Å². The summed E-state index contributed by atoms with van der Waals surface area (Å²) in [6.45, 7) is 4.29. The third kappa shape index (κ3) is 5.28. The molecule has 0 aromatic heterocycles. The Bertz CT molecular complexity index is 1210. The molecule has 0 bridgehead atoms. The molecule has 202 valence electrons. The Morgan fingerprint density at radius 2 is 1.57 bits per heavy atom. The summed E-state index contributed by atoms with van der Waals surface area (Å²) in [6, 6.07) is 2.34. The zero-order chi connectivity index (χ0) is 28.1. The van der Waals surface area contributed by atoms with Gasteiger partial charge in [-0.3, -0.25) is 4.79 Å². The van der Waals surface area contributed by atoms with Gasteiger partial charge in [0.2, 0.25) is 5.91 Å². The van der Waals surface area contributed by atoms with E-state index in [0.29, 0.717) is 13.8 Å². The molecule has 0 unspecified atom stereocenters. The van der Waals surface area contributed by atoms with Crippen molar-refractivity contribution in [2.75, 3.05) is 0 Å². The first-order valence-electron chi connectivity index (χ1n) is 10.9. The van der Waals surface area contributed by atoms with E-state index in [1.54, 1.807) is 0 Å². The Morgan fingerprint density at radius 3 is 2.03 bits per heavy atom. The fourth-order valence-electron chi connectivity index (χ4n) is 4.23. The first-order valence-corrected chi connectivity index (χ1v) is 11.7. The van der Waals surface area contributed by atoms with Crippen molar-refractivity contribution < 1.29 is 44.5 Å². The smallest absolute Gasteiger partial charge is 0.371 e. The molecule has 1 amide bonds. The first kappa shape index (κ1) is 28.8. The molecule has 0 heterocycles. The van der Waals surface area contributed by atoms with E-state index in [0.717, 1.165) is 24.3 Å². The first-order chi connectivity index (χ1) is 17.0. The molecule has 13 heteroatoms. The molecule has 0 saturated heterocycles. The van der Waals surface area contributed by atoms with Gasteiger partial charge in [-0.1, -0.05) is 6.92 Å². The molecule has 5 nitrogen and oxygen atoms in total. The van der Waals surface area contributed by atoms with Crippen molar-refractivity contribution in [2.45, 2.75) is 57.2 Å². The molecule has 0 aliphatic heterocycles. The van der Waals surface area contributed by atoms with Gasteiger partial charge >= 0.3 is 12.1 Å². The van der Waals surface area contributed by atoms with Crippen molar-refractivity contribution in [3.05, 3.63) is 69.8 Å². The number of halogens is 7. The maximum Gasteiger partial charge on any atom is 0.398 e. The Kier molecular flexibility index (Phi) is 7.64. The number of amides is 1. The van der Waals surface area contributed by atoms with Crippen LogP contribution in [0.1, 0.15) is 67.2 Å². The molecule has 2 aromatic rings. The van der Waals surface area contributed by atoms with Crippen LogP contribution in [0.2, 0.25) is 0 Å². The van der Waals surface area contributed by atoms with Gasteiger partial charge in [-0.2, -0.15) is 13.2 Å². The van der Waals surface area contributed by atoms with Gasteiger partial charge < -0.3 is 9.50 Å². The Hall–Kier alpha value is -2.80. The summed E-state index contributed by atoms with van der Waals surface area (Å²) < 4.78 is 102. The average molecular weight is 553 g/mol. The van der Waals surface area contributed by atoms with E-state index in [2.05, 4.69) is 9.50 Å². The van der Waals surface area contributed by atoms with Crippen LogP contribution in [0.15, 0.2) is 24.3 Å². The van der Waals surface area contributed by atoms with Crippen molar-refractivity contribution in [2.24, 2.45) is 11.1 Å². The predicted molar refractivity (Wildman–Crippen MR) is 121 cm³/mol. The van der Waals surface area contributed by atoms with E-state index in [1.165, 1.54) is 13.8 Å². The molecule has 1 saturated carbocycles.